The molecule has 0 amide bonds. The molecule has 0 fully saturated rings. The summed E-state index contributed by atoms with van der Waals surface area (Å²) in [5.74, 6) is 1.62. The molecule has 1 aliphatic heterocycles. The van der Waals surface area contributed by atoms with Crippen LogP contribution in [-0.2, 0) is 22.5 Å². The monoisotopic (exact) mass is 349 g/mol. The summed E-state index contributed by atoms with van der Waals surface area (Å²) >= 11 is 3.48. The lowest BCUT2D eigenvalue weighted by atomic mass is 10.0. The number of hydrogen-bond donors (Lipinski definition) is 0. The van der Waals surface area contributed by atoms with Crippen molar-refractivity contribution in [3.8, 4) is 11.4 Å². The van der Waals surface area contributed by atoms with Crippen molar-refractivity contribution in [2.75, 3.05) is 7.11 Å². The van der Waals surface area contributed by atoms with Gasteiger partial charge in [-0.2, -0.15) is 0 Å². The van der Waals surface area contributed by atoms with Crippen LogP contribution < -0.4 is 0 Å². The van der Waals surface area contributed by atoms with Gasteiger partial charge in [0.05, 0.1) is 13.0 Å². The van der Waals surface area contributed by atoms with E-state index in [9.17, 15) is 4.79 Å². The number of hydrogen-bond acceptors (Lipinski definition) is 4. The minimum Gasteiger partial charge on any atom is -0.469 e. The van der Waals surface area contributed by atoms with Crippen LogP contribution in [0.2, 0.25) is 0 Å². The third kappa shape index (κ3) is 2.85. The number of fused-ring (bicyclic) bond motifs is 1. The molecule has 1 aromatic carbocycles. The number of aromatic nitrogens is 3. The first-order valence-corrected chi connectivity index (χ1v) is 7.74. The van der Waals surface area contributed by atoms with Gasteiger partial charge in [0.15, 0.2) is 5.82 Å². The molecule has 0 spiro atoms. The van der Waals surface area contributed by atoms with Crippen LogP contribution in [-0.4, -0.2) is 27.8 Å². The van der Waals surface area contributed by atoms with E-state index in [0.29, 0.717) is 0 Å². The van der Waals surface area contributed by atoms with Gasteiger partial charge in [-0.15, -0.1) is 10.2 Å². The van der Waals surface area contributed by atoms with Crippen molar-refractivity contribution in [2.24, 2.45) is 5.92 Å². The van der Waals surface area contributed by atoms with E-state index in [1.165, 1.54) is 7.11 Å². The summed E-state index contributed by atoms with van der Waals surface area (Å²) in [6, 6.07) is 8.01. The van der Waals surface area contributed by atoms with Gasteiger partial charge in [0.1, 0.15) is 5.82 Å². The average Bonchev–Trinajstić information content (AvgIpc) is 2.78. The summed E-state index contributed by atoms with van der Waals surface area (Å²) in [6.07, 6.45) is 2.28. The van der Waals surface area contributed by atoms with Gasteiger partial charge in [-0.05, 0) is 25.0 Å². The second-order valence-corrected chi connectivity index (χ2v) is 6.06. The molecule has 1 atom stereocenters. The van der Waals surface area contributed by atoms with E-state index in [-0.39, 0.29) is 11.9 Å². The molecule has 0 saturated heterocycles. The molecule has 2 aromatic rings. The minimum atomic E-state index is -0.127. The van der Waals surface area contributed by atoms with Gasteiger partial charge in [-0.3, -0.25) is 4.79 Å². The van der Waals surface area contributed by atoms with E-state index in [1.807, 2.05) is 24.3 Å². The molecule has 5 nitrogen and oxygen atoms in total. The van der Waals surface area contributed by atoms with Crippen molar-refractivity contribution in [3.05, 3.63) is 34.6 Å². The molecule has 3 rings (SSSR count). The SMILES string of the molecule is COC(=O)C1CCc2nnc(-c3cccc(Br)c3)n2CC1. The molecule has 1 aromatic heterocycles. The summed E-state index contributed by atoms with van der Waals surface area (Å²) in [7, 11) is 1.44. The van der Waals surface area contributed by atoms with Gasteiger partial charge in [0.2, 0.25) is 0 Å². The highest BCUT2D eigenvalue weighted by atomic mass is 79.9. The van der Waals surface area contributed by atoms with Crippen LogP contribution >= 0.6 is 15.9 Å². The van der Waals surface area contributed by atoms with E-state index in [4.69, 9.17) is 4.74 Å². The van der Waals surface area contributed by atoms with Gasteiger partial charge in [0, 0.05) is 23.0 Å². The van der Waals surface area contributed by atoms with Gasteiger partial charge in [0.25, 0.3) is 0 Å². The number of halogens is 1. The first kappa shape index (κ1) is 14.3. The minimum absolute atomic E-state index is 0.0490. The van der Waals surface area contributed by atoms with Crippen molar-refractivity contribution in [2.45, 2.75) is 25.8 Å². The van der Waals surface area contributed by atoms with Crippen LogP contribution in [0.3, 0.4) is 0 Å². The number of methoxy groups -OCH3 is 1. The van der Waals surface area contributed by atoms with Gasteiger partial charge in [-0.25, -0.2) is 0 Å². The molecular formula is C15H16BrN3O2. The molecule has 0 aliphatic carbocycles. The summed E-state index contributed by atoms with van der Waals surface area (Å²) in [5, 5.41) is 8.60. The van der Waals surface area contributed by atoms with Crippen LogP contribution in [0.25, 0.3) is 11.4 Å². The Bertz CT molecular complexity index is 669. The molecule has 21 heavy (non-hydrogen) atoms. The number of benzene rings is 1. The summed E-state index contributed by atoms with van der Waals surface area (Å²) in [4.78, 5) is 11.7. The number of rotatable bonds is 2. The van der Waals surface area contributed by atoms with Crippen molar-refractivity contribution in [1.29, 1.82) is 0 Å². The highest BCUT2D eigenvalue weighted by molar-refractivity contribution is 9.10. The van der Waals surface area contributed by atoms with Crippen LogP contribution in [0.15, 0.2) is 28.7 Å². The maximum atomic E-state index is 11.7. The molecule has 110 valence electrons. The molecule has 0 N–H and O–H groups in total. The number of ether oxygens (including phenoxy) is 1. The van der Waals surface area contributed by atoms with Gasteiger partial charge < -0.3 is 9.30 Å². The predicted octanol–water partition coefficient (Wildman–Crippen LogP) is 2.83. The molecule has 0 bridgehead atoms. The summed E-state index contributed by atoms with van der Waals surface area (Å²) in [6.45, 7) is 0.740. The maximum Gasteiger partial charge on any atom is 0.308 e. The highest BCUT2D eigenvalue weighted by Crippen LogP contribution is 2.27. The maximum absolute atomic E-state index is 11.7. The molecule has 1 unspecified atom stereocenters. The van der Waals surface area contributed by atoms with E-state index in [1.54, 1.807) is 0 Å². The third-order valence-corrected chi connectivity index (χ3v) is 4.36. The Morgan fingerprint density at radius 2 is 2.24 bits per heavy atom. The Morgan fingerprint density at radius 1 is 1.38 bits per heavy atom. The van der Waals surface area contributed by atoms with Gasteiger partial charge >= 0.3 is 5.97 Å². The fourth-order valence-corrected chi connectivity index (χ4v) is 3.13. The molecule has 0 radical (unpaired) electrons. The smallest absolute Gasteiger partial charge is 0.308 e. The normalized spacial score (nSPS) is 17.9. The number of carbonyl (C=O) groups is 1. The molecule has 6 heteroatoms. The van der Waals surface area contributed by atoms with E-state index < -0.39 is 0 Å². The zero-order valence-electron chi connectivity index (χ0n) is 11.8. The van der Waals surface area contributed by atoms with Gasteiger partial charge in [-0.1, -0.05) is 28.1 Å². The standard InChI is InChI=1S/C15H16BrN3O2/c1-21-15(20)10-5-6-13-17-18-14(19(13)8-7-10)11-3-2-4-12(16)9-11/h2-4,9-10H,5-8H2,1H3. The Balaban J connectivity index is 1.89. The van der Waals surface area contributed by atoms with Crippen LogP contribution in [0.5, 0.6) is 0 Å². The first-order chi connectivity index (χ1) is 10.2. The lowest BCUT2D eigenvalue weighted by Gasteiger charge is -2.11. The zero-order valence-corrected chi connectivity index (χ0v) is 13.3. The summed E-state index contributed by atoms with van der Waals surface area (Å²) < 4.78 is 7.99. The molecule has 1 aliphatic rings. The predicted molar refractivity (Wildman–Crippen MR) is 81.6 cm³/mol. The number of aryl methyl sites for hydroxylation is 1. The second-order valence-electron chi connectivity index (χ2n) is 5.15. The van der Waals surface area contributed by atoms with Crippen molar-refractivity contribution in [3.63, 3.8) is 0 Å². The summed E-state index contributed by atoms with van der Waals surface area (Å²) in [5.41, 5.74) is 1.03. The lowest BCUT2D eigenvalue weighted by molar-refractivity contribution is -0.145. The second kappa shape index (κ2) is 5.97. The highest BCUT2D eigenvalue weighted by Gasteiger charge is 2.25. The van der Waals surface area contributed by atoms with E-state index in [0.717, 1.165) is 47.5 Å². The molecule has 0 saturated carbocycles. The fraction of sp³-hybridized carbons (Fsp3) is 0.400. The third-order valence-electron chi connectivity index (χ3n) is 3.86. The topological polar surface area (TPSA) is 57.0 Å². The van der Waals surface area contributed by atoms with Crippen LogP contribution in [0.1, 0.15) is 18.7 Å². The quantitative estimate of drug-likeness (QED) is 0.782. The Hall–Kier alpha value is -1.69. The van der Waals surface area contributed by atoms with Crippen molar-refractivity contribution < 1.29 is 9.53 Å². The Morgan fingerprint density at radius 3 is 3.00 bits per heavy atom. The fourth-order valence-electron chi connectivity index (χ4n) is 2.73. The van der Waals surface area contributed by atoms with Crippen molar-refractivity contribution >= 4 is 21.9 Å². The van der Waals surface area contributed by atoms with E-state index in [2.05, 4.69) is 30.7 Å². The number of carbonyl (C=O) groups excluding carboxylic acids is 1. The average molecular weight is 350 g/mol. The Labute approximate surface area is 131 Å². The van der Waals surface area contributed by atoms with Crippen LogP contribution in [0.4, 0.5) is 0 Å². The van der Waals surface area contributed by atoms with Crippen LogP contribution in [0, 0.1) is 5.92 Å². The number of esters is 1. The first-order valence-electron chi connectivity index (χ1n) is 6.95. The molecular weight excluding hydrogens is 334 g/mol. The van der Waals surface area contributed by atoms with Crippen molar-refractivity contribution in [1.82, 2.24) is 14.8 Å². The zero-order chi connectivity index (χ0) is 14.8. The largest absolute Gasteiger partial charge is 0.469 e. The molecule has 2 heterocycles. The lowest BCUT2D eigenvalue weighted by Crippen LogP contribution is -2.16. The van der Waals surface area contributed by atoms with E-state index >= 15 is 0 Å². The number of nitrogens with zero attached hydrogens (tertiary/aromatic N) is 3. The Kier molecular flexibility index (Phi) is 4.05.